The number of hydrogen-bond acceptors (Lipinski definition) is 2. The molecule has 1 aromatic carbocycles. The van der Waals surface area contributed by atoms with Crippen molar-refractivity contribution in [1.82, 2.24) is 0 Å². The van der Waals surface area contributed by atoms with Crippen LogP contribution in [0.4, 0.5) is 10.1 Å². The first kappa shape index (κ1) is 11.1. The van der Waals surface area contributed by atoms with Crippen LogP contribution in [0.15, 0.2) is 22.7 Å². The van der Waals surface area contributed by atoms with Crippen LogP contribution in [0.25, 0.3) is 0 Å². The predicted molar refractivity (Wildman–Crippen MR) is 54.6 cm³/mol. The van der Waals surface area contributed by atoms with Gasteiger partial charge in [0.1, 0.15) is 12.4 Å². The van der Waals surface area contributed by atoms with Crippen molar-refractivity contribution in [2.24, 2.45) is 0 Å². The first-order valence-electron chi connectivity index (χ1n) is 3.88. The zero-order valence-electron chi connectivity index (χ0n) is 7.51. The normalized spacial score (nSPS) is 9.93. The number of methoxy groups -OCH3 is 1. The highest BCUT2D eigenvalue weighted by Crippen LogP contribution is 2.24. The average Bonchev–Trinajstić information content (AvgIpc) is 2.12. The van der Waals surface area contributed by atoms with Gasteiger partial charge in [-0.2, -0.15) is 0 Å². The molecule has 0 fully saturated rings. The molecule has 0 saturated heterocycles. The number of benzene rings is 1. The third kappa shape index (κ3) is 2.78. The average molecular weight is 262 g/mol. The van der Waals surface area contributed by atoms with Gasteiger partial charge in [-0.1, -0.05) is 6.07 Å². The number of carbonyl (C=O) groups excluding carboxylic acids is 1. The van der Waals surface area contributed by atoms with Gasteiger partial charge in [-0.05, 0) is 28.1 Å². The van der Waals surface area contributed by atoms with Gasteiger partial charge in [0.2, 0.25) is 5.91 Å². The summed E-state index contributed by atoms with van der Waals surface area (Å²) in [5.74, 6) is -0.873. The Bertz CT molecular complexity index is 323. The summed E-state index contributed by atoms with van der Waals surface area (Å²) >= 11 is 3.13. The van der Waals surface area contributed by atoms with E-state index in [0.29, 0.717) is 4.47 Å². The zero-order valence-corrected chi connectivity index (χ0v) is 9.10. The van der Waals surface area contributed by atoms with Crippen LogP contribution in [0.3, 0.4) is 0 Å². The van der Waals surface area contributed by atoms with Crippen LogP contribution in [-0.4, -0.2) is 19.6 Å². The molecule has 0 aliphatic carbocycles. The highest BCUT2D eigenvalue weighted by molar-refractivity contribution is 9.10. The summed E-state index contributed by atoms with van der Waals surface area (Å²) in [5.41, 5.74) is 0.134. The van der Waals surface area contributed by atoms with Crippen molar-refractivity contribution in [3.63, 3.8) is 0 Å². The fourth-order valence-corrected chi connectivity index (χ4v) is 1.36. The van der Waals surface area contributed by atoms with E-state index in [0.717, 1.165) is 0 Å². The number of anilines is 1. The molecule has 1 amide bonds. The Morgan fingerprint density at radius 3 is 2.93 bits per heavy atom. The Hall–Kier alpha value is -0.940. The molecule has 0 aromatic heterocycles. The van der Waals surface area contributed by atoms with Crippen LogP contribution >= 0.6 is 15.9 Å². The van der Waals surface area contributed by atoms with E-state index in [1.807, 2.05) is 0 Å². The fraction of sp³-hybridized carbons (Fsp3) is 0.222. The molecule has 0 unspecified atom stereocenters. The second kappa shape index (κ2) is 5.07. The molecule has 0 spiro atoms. The first-order chi connectivity index (χ1) is 6.65. The largest absolute Gasteiger partial charge is 0.375 e. The SMILES string of the molecule is COCC(=O)Nc1c(F)cccc1Br. The molecule has 0 atom stereocenters. The second-order valence-electron chi connectivity index (χ2n) is 2.58. The fourth-order valence-electron chi connectivity index (χ4n) is 0.924. The minimum Gasteiger partial charge on any atom is -0.375 e. The monoisotopic (exact) mass is 261 g/mol. The van der Waals surface area contributed by atoms with E-state index in [2.05, 4.69) is 26.0 Å². The van der Waals surface area contributed by atoms with Gasteiger partial charge in [0.05, 0.1) is 5.69 Å². The number of amides is 1. The quantitative estimate of drug-likeness (QED) is 0.906. The molecule has 76 valence electrons. The van der Waals surface area contributed by atoms with Gasteiger partial charge in [0.25, 0.3) is 0 Å². The third-order valence-corrected chi connectivity index (χ3v) is 2.16. The Kier molecular flexibility index (Phi) is 4.03. The van der Waals surface area contributed by atoms with Crippen LogP contribution in [0, 0.1) is 5.82 Å². The van der Waals surface area contributed by atoms with E-state index >= 15 is 0 Å². The zero-order chi connectivity index (χ0) is 10.6. The molecule has 0 aliphatic heterocycles. The van der Waals surface area contributed by atoms with E-state index in [4.69, 9.17) is 0 Å². The van der Waals surface area contributed by atoms with Crippen molar-refractivity contribution >= 4 is 27.5 Å². The van der Waals surface area contributed by atoms with Crippen LogP contribution < -0.4 is 5.32 Å². The van der Waals surface area contributed by atoms with Crippen molar-refractivity contribution in [3.05, 3.63) is 28.5 Å². The minimum atomic E-state index is -0.483. The summed E-state index contributed by atoms with van der Waals surface area (Å²) in [6.07, 6.45) is 0. The molecule has 14 heavy (non-hydrogen) atoms. The Balaban J connectivity index is 2.80. The second-order valence-corrected chi connectivity index (χ2v) is 3.43. The van der Waals surface area contributed by atoms with Gasteiger partial charge in [-0.3, -0.25) is 4.79 Å². The van der Waals surface area contributed by atoms with Gasteiger partial charge in [0, 0.05) is 11.6 Å². The Morgan fingerprint density at radius 1 is 1.64 bits per heavy atom. The van der Waals surface area contributed by atoms with Crippen LogP contribution in [0.1, 0.15) is 0 Å². The number of halogens is 2. The number of para-hydroxylation sites is 1. The maximum absolute atomic E-state index is 13.2. The molecule has 0 heterocycles. The smallest absolute Gasteiger partial charge is 0.250 e. The highest BCUT2D eigenvalue weighted by atomic mass is 79.9. The molecule has 1 rings (SSSR count). The predicted octanol–water partition coefficient (Wildman–Crippen LogP) is 2.17. The van der Waals surface area contributed by atoms with Crippen molar-refractivity contribution in [2.45, 2.75) is 0 Å². The molecule has 0 radical (unpaired) electrons. The Morgan fingerprint density at radius 2 is 2.36 bits per heavy atom. The van der Waals surface area contributed by atoms with E-state index < -0.39 is 11.7 Å². The van der Waals surface area contributed by atoms with Gasteiger partial charge in [0.15, 0.2) is 0 Å². The lowest BCUT2D eigenvalue weighted by Gasteiger charge is -2.07. The lowest BCUT2D eigenvalue weighted by molar-refractivity contribution is -0.119. The molecule has 0 saturated carbocycles. The molecule has 0 bridgehead atoms. The van der Waals surface area contributed by atoms with Crippen LogP contribution in [0.2, 0.25) is 0 Å². The summed E-state index contributed by atoms with van der Waals surface area (Å²) < 4.78 is 18.3. The third-order valence-electron chi connectivity index (χ3n) is 1.50. The highest BCUT2D eigenvalue weighted by Gasteiger charge is 2.09. The number of rotatable bonds is 3. The van der Waals surface area contributed by atoms with Gasteiger partial charge >= 0.3 is 0 Å². The van der Waals surface area contributed by atoms with Crippen LogP contribution in [-0.2, 0) is 9.53 Å². The van der Waals surface area contributed by atoms with Gasteiger partial charge in [-0.15, -0.1) is 0 Å². The molecule has 3 nitrogen and oxygen atoms in total. The van der Waals surface area contributed by atoms with Gasteiger partial charge < -0.3 is 10.1 Å². The van der Waals surface area contributed by atoms with Gasteiger partial charge in [-0.25, -0.2) is 4.39 Å². The lowest BCUT2D eigenvalue weighted by Crippen LogP contribution is -2.18. The first-order valence-corrected chi connectivity index (χ1v) is 4.67. The summed E-state index contributed by atoms with van der Waals surface area (Å²) in [6.45, 7) is -0.0965. The summed E-state index contributed by atoms with van der Waals surface area (Å²) in [5, 5.41) is 2.39. The lowest BCUT2D eigenvalue weighted by atomic mass is 10.3. The molecule has 1 N–H and O–H groups in total. The van der Waals surface area contributed by atoms with Crippen molar-refractivity contribution < 1.29 is 13.9 Å². The van der Waals surface area contributed by atoms with Crippen molar-refractivity contribution in [3.8, 4) is 0 Å². The minimum absolute atomic E-state index is 0.0965. The molecule has 0 aliphatic rings. The number of nitrogens with one attached hydrogen (secondary N) is 1. The van der Waals surface area contributed by atoms with E-state index in [1.54, 1.807) is 12.1 Å². The summed E-state index contributed by atoms with van der Waals surface area (Å²) in [4.78, 5) is 11.1. The summed E-state index contributed by atoms with van der Waals surface area (Å²) in [7, 11) is 1.40. The maximum atomic E-state index is 13.2. The molecular formula is C9H9BrFNO2. The van der Waals surface area contributed by atoms with E-state index in [1.165, 1.54) is 13.2 Å². The topological polar surface area (TPSA) is 38.3 Å². The van der Waals surface area contributed by atoms with Crippen molar-refractivity contribution in [1.29, 1.82) is 0 Å². The Labute approximate surface area is 89.4 Å². The van der Waals surface area contributed by atoms with E-state index in [-0.39, 0.29) is 12.3 Å². The van der Waals surface area contributed by atoms with Crippen molar-refractivity contribution in [2.75, 3.05) is 19.0 Å². The van der Waals surface area contributed by atoms with E-state index in [9.17, 15) is 9.18 Å². The standard InChI is InChI=1S/C9H9BrFNO2/c1-14-5-8(13)12-9-6(10)3-2-4-7(9)11/h2-4H,5H2,1H3,(H,12,13). The van der Waals surface area contributed by atoms with Crippen LogP contribution in [0.5, 0.6) is 0 Å². The molecular weight excluding hydrogens is 253 g/mol. The summed E-state index contributed by atoms with van der Waals surface area (Å²) in [6, 6.07) is 4.46. The molecule has 5 heteroatoms. The maximum Gasteiger partial charge on any atom is 0.250 e. The molecule has 1 aromatic rings. The number of ether oxygens (including phenoxy) is 1. The number of carbonyl (C=O) groups is 1. The number of hydrogen-bond donors (Lipinski definition) is 1.